The largest absolute Gasteiger partial charge is 0.0713 e. The van der Waals surface area contributed by atoms with Gasteiger partial charge < -0.3 is 0 Å². The van der Waals surface area contributed by atoms with Gasteiger partial charge in [-0.1, -0.05) is 182 Å². The molecule has 0 N–H and O–H groups in total. The van der Waals surface area contributed by atoms with Gasteiger partial charge in [0.1, 0.15) is 0 Å². The standard InChI is InChI=1S/C44H32/c1-4-12-34(13-5-1)36-25-27-37(28-26-36)35-23-20-32(21-24-35)30-33-22-29-41-40-18-10-11-19-42(40)44(43(41)31-33,38-14-6-2-7-15-38)39-16-8-3-9-17-39/h1-29,31H,30H2. The average Bonchev–Trinajstić information content (AvgIpc) is 3.40. The van der Waals surface area contributed by atoms with E-state index >= 15 is 0 Å². The Bertz CT molecular complexity index is 2000. The minimum absolute atomic E-state index is 0.361. The molecule has 0 saturated heterocycles. The van der Waals surface area contributed by atoms with Gasteiger partial charge in [0.25, 0.3) is 0 Å². The highest BCUT2D eigenvalue weighted by atomic mass is 14.5. The van der Waals surface area contributed by atoms with E-state index in [4.69, 9.17) is 0 Å². The highest BCUT2D eigenvalue weighted by molar-refractivity contribution is 5.86. The highest BCUT2D eigenvalue weighted by Crippen LogP contribution is 2.56. The molecule has 0 radical (unpaired) electrons. The Morgan fingerprint density at radius 1 is 0.318 bits per heavy atom. The summed E-state index contributed by atoms with van der Waals surface area (Å²) in [6.45, 7) is 0. The van der Waals surface area contributed by atoms with Crippen LogP contribution in [0.2, 0.25) is 0 Å². The van der Waals surface area contributed by atoms with Gasteiger partial charge in [-0.05, 0) is 73.2 Å². The second kappa shape index (κ2) is 11.0. The number of hydrogen-bond donors (Lipinski definition) is 0. The van der Waals surface area contributed by atoms with Gasteiger partial charge in [0.2, 0.25) is 0 Å². The monoisotopic (exact) mass is 560 g/mol. The number of fused-ring (bicyclic) bond motifs is 3. The first kappa shape index (κ1) is 26.2. The predicted molar refractivity (Wildman–Crippen MR) is 184 cm³/mol. The second-order valence-electron chi connectivity index (χ2n) is 11.7. The van der Waals surface area contributed by atoms with E-state index in [0.29, 0.717) is 0 Å². The molecule has 1 aliphatic rings. The molecule has 8 rings (SSSR count). The fourth-order valence-electron chi connectivity index (χ4n) is 7.14. The molecule has 0 aliphatic heterocycles. The van der Waals surface area contributed by atoms with Gasteiger partial charge >= 0.3 is 0 Å². The van der Waals surface area contributed by atoms with E-state index in [1.165, 1.54) is 66.8 Å². The van der Waals surface area contributed by atoms with Crippen molar-refractivity contribution in [2.24, 2.45) is 0 Å². The van der Waals surface area contributed by atoms with Crippen LogP contribution in [0.5, 0.6) is 0 Å². The minimum Gasteiger partial charge on any atom is -0.0622 e. The maximum Gasteiger partial charge on any atom is 0.0713 e. The molecule has 7 aromatic carbocycles. The molecule has 1 aliphatic carbocycles. The van der Waals surface area contributed by atoms with Crippen LogP contribution in [0.1, 0.15) is 33.4 Å². The minimum atomic E-state index is -0.361. The fraction of sp³-hybridized carbons (Fsp3) is 0.0455. The molecule has 0 nitrogen and oxygen atoms in total. The number of benzene rings is 7. The van der Waals surface area contributed by atoms with E-state index < -0.39 is 0 Å². The van der Waals surface area contributed by atoms with Crippen LogP contribution in [0.25, 0.3) is 33.4 Å². The third-order valence-electron chi connectivity index (χ3n) is 9.21. The Balaban J connectivity index is 1.15. The summed E-state index contributed by atoms with van der Waals surface area (Å²) >= 11 is 0. The summed E-state index contributed by atoms with van der Waals surface area (Å²) < 4.78 is 0. The number of hydrogen-bond acceptors (Lipinski definition) is 0. The summed E-state index contributed by atoms with van der Waals surface area (Å²) in [5.41, 5.74) is 15.2. The molecule has 0 fully saturated rings. The van der Waals surface area contributed by atoms with Crippen molar-refractivity contribution in [3.05, 3.63) is 215 Å². The Morgan fingerprint density at radius 2 is 0.750 bits per heavy atom. The first-order valence-electron chi connectivity index (χ1n) is 15.4. The average molecular weight is 561 g/mol. The van der Waals surface area contributed by atoms with Crippen molar-refractivity contribution in [2.45, 2.75) is 11.8 Å². The van der Waals surface area contributed by atoms with Crippen molar-refractivity contribution >= 4 is 0 Å². The van der Waals surface area contributed by atoms with Crippen molar-refractivity contribution in [2.75, 3.05) is 0 Å². The zero-order valence-electron chi connectivity index (χ0n) is 24.5. The zero-order valence-corrected chi connectivity index (χ0v) is 24.5. The van der Waals surface area contributed by atoms with E-state index in [1.807, 2.05) is 0 Å². The van der Waals surface area contributed by atoms with E-state index in [-0.39, 0.29) is 5.41 Å². The van der Waals surface area contributed by atoms with Crippen molar-refractivity contribution in [3.8, 4) is 33.4 Å². The molecule has 0 amide bonds. The highest BCUT2D eigenvalue weighted by Gasteiger charge is 2.45. The van der Waals surface area contributed by atoms with Crippen LogP contribution >= 0.6 is 0 Å². The maximum atomic E-state index is 2.46. The van der Waals surface area contributed by atoms with Gasteiger partial charge in [-0.25, -0.2) is 0 Å². The molecule has 0 heteroatoms. The molecule has 0 bridgehead atoms. The maximum absolute atomic E-state index is 2.46. The van der Waals surface area contributed by atoms with Crippen molar-refractivity contribution in [1.29, 1.82) is 0 Å². The quantitative estimate of drug-likeness (QED) is 0.190. The topological polar surface area (TPSA) is 0 Å². The summed E-state index contributed by atoms with van der Waals surface area (Å²) in [6, 6.07) is 66.6. The SMILES string of the molecule is c1ccc(-c2ccc(-c3ccc(Cc4ccc5c(c4)C(c4ccccc4)(c4ccccc4)c4ccccc4-5)cc3)cc2)cc1. The van der Waals surface area contributed by atoms with Gasteiger partial charge in [-0.2, -0.15) is 0 Å². The summed E-state index contributed by atoms with van der Waals surface area (Å²) in [4.78, 5) is 0. The van der Waals surface area contributed by atoms with Crippen LogP contribution in [0.15, 0.2) is 182 Å². The molecule has 0 unspecified atom stereocenters. The van der Waals surface area contributed by atoms with Gasteiger partial charge in [0.15, 0.2) is 0 Å². The van der Waals surface area contributed by atoms with Crippen LogP contribution in [0.3, 0.4) is 0 Å². The summed E-state index contributed by atoms with van der Waals surface area (Å²) in [7, 11) is 0. The summed E-state index contributed by atoms with van der Waals surface area (Å²) in [6.07, 6.45) is 0.885. The fourth-order valence-corrected chi connectivity index (χ4v) is 7.14. The van der Waals surface area contributed by atoms with Crippen LogP contribution in [-0.2, 0) is 11.8 Å². The lowest BCUT2D eigenvalue weighted by atomic mass is 9.67. The predicted octanol–water partition coefficient (Wildman–Crippen LogP) is 11.0. The molecule has 0 saturated carbocycles. The van der Waals surface area contributed by atoms with E-state index in [2.05, 4.69) is 182 Å². The Labute approximate surface area is 259 Å². The Morgan fingerprint density at radius 3 is 1.34 bits per heavy atom. The molecule has 7 aromatic rings. The summed E-state index contributed by atoms with van der Waals surface area (Å²) in [5, 5.41) is 0. The van der Waals surface area contributed by atoms with Crippen LogP contribution in [-0.4, -0.2) is 0 Å². The lowest BCUT2D eigenvalue weighted by Crippen LogP contribution is -2.28. The second-order valence-corrected chi connectivity index (χ2v) is 11.7. The van der Waals surface area contributed by atoms with E-state index in [9.17, 15) is 0 Å². The molecule has 0 spiro atoms. The molecular weight excluding hydrogens is 528 g/mol. The molecular formula is C44H32. The molecule has 0 aromatic heterocycles. The zero-order chi connectivity index (χ0) is 29.3. The lowest BCUT2D eigenvalue weighted by Gasteiger charge is -2.34. The Kier molecular flexibility index (Phi) is 6.54. The Hall–Kier alpha value is -5.46. The first-order chi connectivity index (χ1) is 21.8. The lowest BCUT2D eigenvalue weighted by molar-refractivity contribution is 0.767. The molecule has 44 heavy (non-hydrogen) atoms. The van der Waals surface area contributed by atoms with Crippen molar-refractivity contribution in [1.82, 2.24) is 0 Å². The van der Waals surface area contributed by atoms with E-state index in [0.717, 1.165) is 6.42 Å². The van der Waals surface area contributed by atoms with Gasteiger partial charge in [0.05, 0.1) is 5.41 Å². The van der Waals surface area contributed by atoms with Gasteiger partial charge in [0, 0.05) is 0 Å². The third kappa shape index (κ3) is 4.39. The van der Waals surface area contributed by atoms with E-state index in [1.54, 1.807) is 0 Å². The normalized spacial score (nSPS) is 12.8. The number of rotatable bonds is 6. The smallest absolute Gasteiger partial charge is 0.0622 e. The first-order valence-corrected chi connectivity index (χ1v) is 15.4. The molecule has 0 atom stereocenters. The van der Waals surface area contributed by atoms with Crippen LogP contribution in [0, 0.1) is 0 Å². The van der Waals surface area contributed by atoms with Crippen LogP contribution in [0.4, 0.5) is 0 Å². The van der Waals surface area contributed by atoms with Crippen LogP contribution < -0.4 is 0 Å². The van der Waals surface area contributed by atoms with Gasteiger partial charge in [-0.3, -0.25) is 0 Å². The molecule has 208 valence electrons. The van der Waals surface area contributed by atoms with Crippen molar-refractivity contribution < 1.29 is 0 Å². The molecule has 0 heterocycles. The summed E-state index contributed by atoms with van der Waals surface area (Å²) in [5.74, 6) is 0. The van der Waals surface area contributed by atoms with Crippen molar-refractivity contribution in [3.63, 3.8) is 0 Å². The van der Waals surface area contributed by atoms with Gasteiger partial charge in [-0.15, -0.1) is 0 Å². The third-order valence-corrected chi connectivity index (χ3v) is 9.21.